The van der Waals surface area contributed by atoms with Crippen LogP contribution in [0.25, 0.3) is 0 Å². The van der Waals surface area contributed by atoms with Crippen LogP contribution in [0.15, 0.2) is 54.6 Å². The van der Waals surface area contributed by atoms with Gasteiger partial charge in [0.2, 0.25) is 11.7 Å². The van der Waals surface area contributed by atoms with Gasteiger partial charge in [-0.15, -0.1) is 0 Å². The monoisotopic (exact) mass is 365 g/mol. The van der Waals surface area contributed by atoms with E-state index in [1.807, 2.05) is 49.4 Å². The van der Waals surface area contributed by atoms with Crippen LogP contribution in [0, 0.1) is 12.8 Å². The number of ketones is 1. The second-order valence-electron chi connectivity index (χ2n) is 6.97. The van der Waals surface area contributed by atoms with Crippen molar-refractivity contribution in [1.29, 1.82) is 0 Å². The summed E-state index contributed by atoms with van der Waals surface area (Å²) in [7, 11) is 0. The van der Waals surface area contributed by atoms with Gasteiger partial charge in [0.05, 0.1) is 5.92 Å². The van der Waals surface area contributed by atoms with Crippen molar-refractivity contribution < 1.29 is 19.1 Å². The molecule has 0 N–H and O–H groups in total. The molecule has 5 heteroatoms. The van der Waals surface area contributed by atoms with E-state index in [9.17, 15) is 14.4 Å². The summed E-state index contributed by atoms with van der Waals surface area (Å²) in [5.41, 5.74) is 2.58. The number of carbonyl (C=O) groups excluding carboxylic acids is 3. The van der Waals surface area contributed by atoms with Crippen LogP contribution < -0.4 is 0 Å². The highest BCUT2D eigenvalue weighted by atomic mass is 16.5. The maximum Gasteiger partial charge on any atom is 0.311 e. The molecule has 0 aromatic heterocycles. The Morgan fingerprint density at radius 2 is 1.78 bits per heavy atom. The second kappa shape index (κ2) is 8.16. The van der Waals surface area contributed by atoms with E-state index in [1.165, 1.54) is 0 Å². The first kappa shape index (κ1) is 18.8. The van der Waals surface area contributed by atoms with E-state index in [0.717, 1.165) is 11.1 Å². The minimum absolute atomic E-state index is 0.0710. The van der Waals surface area contributed by atoms with Crippen molar-refractivity contribution in [2.24, 2.45) is 5.92 Å². The van der Waals surface area contributed by atoms with Gasteiger partial charge in [0, 0.05) is 25.1 Å². The maximum absolute atomic E-state index is 12.4. The SMILES string of the molecule is Cc1ccc(C(=O)[C@@H](C)OC(=O)[C@@H]2CC(=O)N(Cc3ccccc3)C2)cc1. The van der Waals surface area contributed by atoms with Gasteiger partial charge < -0.3 is 9.64 Å². The third-order valence-corrected chi connectivity index (χ3v) is 4.76. The smallest absolute Gasteiger partial charge is 0.311 e. The zero-order valence-electron chi connectivity index (χ0n) is 15.6. The largest absolute Gasteiger partial charge is 0.454 e. The Hall–Kier alpha value is -2.95. The summed E-state index contributed by atoms with van der Waals surface area (Å²) in [6, 6.07) is 16.8. The van der Waals surface area contributed by atoms with Crippen molar-refractivity contribution in [3.63, 3.8) is 0 Å². The third kappa shape index (κ3) is 4.61. The third-order valence-electron chi connectivity index (χ3n) is 4.76. The number of Topliss-reactive ketones (excluding diaryl/α,β-unsaturated/α-hetero) is 1. The molecular weight excluding hydrogens is 342 g/mol. The molecule has 1 fully saturated rings. The molecule has 1 aliphatic rings. The van der Waals surface area contributed by atoms with Gasteiger partial charge in [-0.25, -0.2) is 0 Å². The van der Waals surface area contributed by atoms with E-state index in [4.69, 9.17) is 4.74 Å². The molecule has 0 aliphatic carbocycles. The number of hydrogen-bond acceptors (Lipinski definition) is 4. The lowest BCUT2D eigenvalue weighted by Crippen LogP contribution is -2.30. The Bertz CT molecular complexity index is 829. The van der Waals surface area contributed by atoms with Crippen LogP contribution >= 0.6 is 0 Å². The zero-order chi connectivity index (χ0) is 19.4. The molecule has 0 bridgehead atoms. The molecule has 0 spiro atoms. The van der Waals surface area contributed by atoms with Gasteiger partial charge in [-0.1, -0.05) is 60.2 Å². The minimum Gasteiger partial charge on any atom is -0.454 e. The van der Waals surface area contributed by atoms with Gasteiger partial charge in [-0.3, -0.25) is 14.4 Å². The predicted molar refractivity (Wildman–Crippen MR) is 101 cm³/mol. The highest BCUT2D eigenvalue weighted by Gasteiger charge is 2.36. The minimum atomic E-state index is -0.876. The maximum atomic E-state index is 12.4. The van der Waals surface area contributed by atoms with Gasteiger partial charge in [0.15, 0.2) is 6.10 Å². The highest BCUT2D eigenvalue weighted by Crippen LogP contribution is 2.22. The van der Waals surface area contributed by atoms with Crippen LogP contribution in [-0.4, -0.2) is 35.2 Å². The first-order valence-electron chi connectivity index (χ1n) is 9.07. The lowest BCUT2D eigenvalue weighted by molar-refractivity contribution is -0.151. The molecule has 2 aromatic rings. The van der Waals surface area contributed by atoms with Crippen LogP contribution in [0.4, 0.5) is 0 Å². The highest BCUT2D eigenvalue weighted by molar-refractivity contribution is 6.00. The van der Waals surface area contributed by atoms with Gasteiger partial charge in [-0.05, 0) is 19.4 Å². The van der Waals surface area contributed by atoms with Crippen molar-refractivity contribution in [2.45, 2.75) is 32.9 Å². The average Bonchev–Trinajstić information content (AvgIpc) is 3.03. The summed E-state index contributed by atoms with van der Waals surface area (Å²) >= 11 is 0. The molecular formula is C22H23NO4. The molecule has 1 amide bonds. The van der Waals surface area contributed by atoms with Crippen molar-refractivity contribution in [3.8, 4) is 0 Å². The molecule has 0 radical (unpaired) electrons. The van der Waals surface area contributed by atoms with E-state index in [1.54, 1.807) is 24.0 Å². The van der Waals surface area contributed by atoms with E-state index in [2.05, 4.69) is 0 Å². The summed E-state index contributed by atoms with van der Waals surface area (Å²) in [5, 5.41) is 0. The number of ether oxygens (including phenoxy) is 1. The Labute approximate surface area is 158 Å². The number of carbonyl (C=O) groups is 3. The van der Waals surface area contributed by atoms with Crippen LogP contribution in [0.3, 0.4) is 0 Å². The number of benzene rings is 2. The fourth-order valence-corrected chi connectivity index (χ4v) is 3.16. The first-order chi connectivity index (χ1) is 12.9. The standard InChI is InChI=1S/C22H23NO4/c1-15-8-10-18(11-9-15)21(25)16(2)27-22(26)19-12-20(24)23(14-19)13-17-6-4-3-5-7-17/h3-11,16,19H,12-14H2,1-2H3/t16-,19-/m1/s1. The number of amides is 1. The van der Waals surface area contributed by atoms with Crippen molar-refractivity contribution in [1.82, 2.24) is 4.90 Å². The van der Waals surface area contributed by atoms with E-state index >= 15 is 0 Å². The molecule has 3 rings (SSSR count). The zero-order valence-corrected chi connectivity index (χ0v) is 15.6. The second-order valence-corrected chi connectivity index (χ2v) is 6.97. The Morgan fingerprint density at radius 3 is 2.44 bits per heavy atom. The lowest BCUT2D eigenvalue weighted by atomic mass is 10.1. The Morgan fingerprint density at radius 1 is 1.11 bits per heavy atom. The van der Waals surface area contributed by atoms with Crippen molar-refractivity contribution in [3.05, 3.63) is 71.3 Å². The normalized spacial score (nSPS) is 17.6. The topological polar surface area (TPSA) is 63.7 Å². The molecule has 0 unspecified atom stereocenters. The van der Waals surface area contributed by atoms with Crippen LogP contribution in [-0.2, 0) is 20.9 Å². The fraction of sp³-hybridized carbons (Fsp3) is 0.318. The molecule has 0 saturated carbocycles. The number of hydrogen-bond donors (Lipinski definition) is 0. The molecule has 1 heterocycles. The quantitative estimate of drug-likeness (QED) is 0.583. The van der Waals surface area contributed by atoms with Crippen LogP contribution in [0.5, 0.6) is 0 Å². The van der Waals surface area contributed by atoms with Crippen molar-refractivity contribution >= 4 is 17.7 Å². The number of nitrogens with zero attached hydrogens (tertiary/aromatic N) is 1. The van der Waals surface area contributed by atoms with Gasteiger partial charge >= 0.3 is 5.97 Å². The summed E-state index contributed by atoms with van der Waals surface area (Å²) in [5.74, 6) is -1.34. The van der Waals surface area contributed by atoms with Crippen LogP contribution in [0.1, 0.15) is 34.8 Å². The molecule has 2 atom stereocenters. The Kier molecular flexibility index (Phi) is 5.69. The van der Waals surface area contributed by atoms with Gasteiger partial charge in [0.1, 0.15) is 0 Å². The Balaban J connectivity index is 1.57. The summed E-state index contributed by atoms with van der Waals surface area (Å²) in [4.78, 5) is 38.7. The lowest BCUT2D eigenvalue weighted by Gasteiger charge is -2.18. The molecule has 1 saturated heterocycles. The van der Waals surface area contributed by atoms with Crippen molar-refractivity contribution in [2.75, 3.05) is 6.54 Å². The van der Waals surface area contributed by atoms with E-state index < -0.39 is 18.0 Å². The molecule has 1 aliphatic heterocycles. The number of rotatable bonds is 6. The molecule has 140 valence electrons. The average molecular weight is 365 g/mol. The molecule has 5 nitrogen and oxygen atoms in total. The summed E-state index contributed by atoms with van der Waals surface area (Å²) < 4.78 is 5.36. The molecule has 2 aromatic carbocycles. The predicted octanol–water partition coefficient (Wildman–Crippen LogP) is 3.16. The summed E-state index contributed by atoms with van der Waals surface area (Å²) in [6.07, 6.45) is -0.754. The number of esters is 1. The van der Waals surface area contributed by atoms with Gasteiger partial charge in [-0.2, -0.15) is 0 Å². The molecule has 27 heavy (non-hydrogen) atoms. The first-order valence-corrected chi connectivity index (χ1v) is 9.07. The summed E-state index contributed by atoms with van der Waals surface area (Å²) in [6.45, 7) is 4.30. The van der Waals surface area contributed by atoms with E-state index in [0.29, 0.717) is 18.7 Å². The fourth-order valence-electron chi connectivity index (χ4n) is 3.16. The van der Waals surface area contributed by atoms with E-state index in [-0.39, 0.29) is 18.1 Å². The number of likely N-dealkylation sites (tertiary alicyclic amines) is 1. The number of aryl methyl sites for hydroxylation is 1. The van der Waals surface area contributed by atoms with Crippen LogP contribution in [0.2, 0.25) is 0 Å². The van der Waals surface area contributed by atoms with Gasteiger partial charge in [0.25, 0.3) is 0 Å².